The van der Waals surface area contributed by atoms with E-state index in [4.69, 9.17) is 0 Å². The van der Waals surface area contributed by atoms with E-state index in [1.807, 2.05) is 17.5 Å². The molecule has 22 heavy (non-hydrogen) atoms. The first-order valence-electron chi connectivity index (χ1n) is 7.91. The zero-order chi connectivity index (χ0) is 15.4. The van der Waals surface area contributed by atoms with Crippen LogP contribution in [-0.4, -0.2) is 42.8 Å². The van der Waals surface area contributed by atoms with Crippen molar-refractivity contribution in [2.75, 3.05) is 6.54 Å². The summed E-state index contributed by atoms with van der Waals surface area (Å²) in [6, 6.07) is 4.39. The summed E-state index contributed by atoms with van der Waals surface area (Å²) in [6.45, 7) is 1.76. The fourth-order valence-electron chi connectivity index (χ4n) is 3.13. The fraction of sp³-hybridized carbons (Fsp3) is 0.667. The summed E-state index contributed by atoms with van der Waals surface area (Å²) in [4.78, 5) is 4.98. The van der Waals surface area contributed by atoms with Crippen LogP contribution in [0.4, 0.5) is 0 Å². The first-order valence-corrected chi connectivity index (χ1v) is 8.79. The van der Waals surface area contributed by atoms with Crippen molar-refractivity contribution in [2.45, 2.75) is 50.8 Å². The molecule has 3 rings (SSSR count). The summed E-state index contributed by atoms with van der Waals surface area (Å²) in [5, 5.41) is 24.8. The Bertz CT molecular complexity index is 570. The van der Waals surface area contributed by atoms with Crippen molar-refractivity contribution in [3.63, 3.8) is 0 Å². The van der Waals surface area contributed by atoms with Gasteiger partial charge in [0.15, 0.2) is 5.82 Å². The summed E-state index contributed by atoms with van der Waals surface area (Å²) in [7, 11) is 1.79. The van der Waals surface area contributed by atoms with E-state index in [0.29, 0.717) is 6.04 Å². The first-order chi connectivity index (χ1) is 10.7. The minimum Gasteiger partial charge on any atom is -0.388 e. The number of tetrazole rings is 1. The van der Waals surface area contributed by atoms with Crippen LogP contribution >= 0.6 is 11.3 Å². The molecule has 0 radical (unpaired) electrons. The van der Waals surface area contributed by atoms with Crippen LogP contribution in [0.15, 0.2) is 17.5 Å². The predicted octanol–water partition coefficient (Wildman–Crippen LogP) is 2.14. The number of aryl methyl sites for hydroxylation is 1. The lowest BCUT2D eigenvalue weighted by Gasteiger charge is -2.30. The third kappa shape index (κ3) is 3.91. The van der Waals surface area contributed by atoms with Gasteiger partial charge in [-0.25, -0.2) is 0 Å². The van der Waals surface area contributed by atoms with Crippen LogP contribution in [0.5, 0.6) is 0 Å². The summed E-state index contributed by atoms with van der Waals surface area (Å²) >= 11 is 1.63. The largest absolute Gasteiger partial charge is 0.388 e. The van der Waals surface area contributed by atoms with Crippen molar-refractivity contribution in [1.82, 2.24) is 25.1 Å². The number of nitrogens with zero attached hydrogens (tertiary/aromatic N) is 5. The van der Waals surface area contributed by atoms with Crippen LogP contribution in [0, 0.1) is 0 Å². The van der Waals surface area contributed by atoms with Gasteiger partial charge in [-0.3, -0.25) is 4.90 Å². The summed E-state index contributed by atoms with van der Waals surface area (Å²) in [5.74, 6) is 0.764. The highest BCUT2D eigenvalue weighted by Gasteiger charge is 2.25. The van der Waals surface area contributed by atoms with E-state index in [9.17, 15) is 5.11 Å². The van der Waals surface area contributed by atoms with Crippen molar-refractivity contribution in [3.8, 4) is 0 Å². The van der Waals surface area contributed by atoms with Gasteiger partial charge in [0.2, 0.25) is 0 Å². The zero-order valence-electron chi connectivity index (χ0n) is 12.9. The number of hydrogen-bond acceptors (Lipinski definition) is 6. The lowest BCUT2D eigenvalue weighted by Crippen LogP contribution is -2.36. The van der Waals surface area contributed by atoms with E-state index in [1.165, 1.54) is 24.1 Å². The van der Waals surface area contributed by atoms with Gasteiger partial charge in [-0.2, -0.15) is 4.80 Å². The molecule has 0 amide bonds. The Morgan fingerprint density at radius 1 is 1.41 bits per heavy atom. The average Bonchev–Trinajstić information content (AvgIpc) is 3.12. The maximum absolute atomic E-state index is 10.5. The molecule has 2 aromatic heterocycles. The van der Waals surface area contributed by atoms with Gasteiger partial charge in [-0.1, -0.05) is 18.9 Å². The second-order valence-corrected chi connectivity index (χ2v) is 6.91. The Morgan fingerprint density at radius 3 is 3.05 bits per heavy atom. The zero-order valence-corrected chi connectivity index (χ0v) is 13.7. The highest BCUT2D eigenvalue weighted by atomic mass is 32.1. The average molecular weight is 321 g/mol. The van der Waals surface area contributed by atoms with Gasteiger partial charge in [0.05, 0.1) is 19.7 Å². The Balaban J connectivity index is 1.67. The second-order valence-electron chi connectivity index (χ2n) is 5.94. The van der Waals surface area contributed by atoms with Crippen molar-refractivity contribution in [3.05, 3.63) is 28.2 Å². The van der Waals surface area contributed by atoms with Crippen molar-refractivity contribution in [2.24, 2.45) is 7.05 Å². The molecule has 0 aliphatic carbocycles. The maximum Gasteiger partial charge on any atom is 0.188 e. The van der Waals surface area contributed by atoms with Crippen LogP contribution in [-0.2, 0) is 13.6 Å². The fourth-order valence-corrected chi connectivity index (χ4v) is 3.86. The van der Waals surface area contributed by atoms with Gasteiger partial charge in [0.25, 0.3) is 0 Å². The monoisotopic (exact) mass is 321 g/mol. The number of hydrogen-bond donors (Lipinski definition) is 1. The molecule has 2 atom stereocenters. The van der Waals surface area contributed by atoms with Crippen LogP contribution in [0.2, 0.25) is 0 Å². The van der Waals surface area contributed by atoms with Gasteiger partial charge in [-0.05, 0) is 42.5 Å². The van der Waals surface area contributed by atoms with E-state index < -0.39 is 0 Å². The minimum atomic E-state index is -0.375. The van der Waals surface area contributed by atoms with Crippen molar-refractivity contribution >= 4 is 11.3 Å². The molecule has 1 fully saturated rings. The number of aromatic nitrogens is 4. The van der Waals surface area contributed by atoms with Gasteiger partial charge >= 0.3 is 0 Å². The van der Waals surface area contributed by atoms with E-state index in [1.54, 1.807) is 18.4 Å². The highest BCUT2D eigenvalue weighted by molar-refractivity contribution is 7.10. The van der Waals surface area contributed by atoms with E-state index in [2.05, 4.69) is 20.3 Å². The number of aliphatic hydroxyl groups is 1. The highest BCUT2D eigenvalue weighted by Crippen LogP contribution is 2.29. The van der Waals surface area contributed by atoms with E-state index >= 15 is 0 Å². The van der Waals surface area contributed by atoms with Gasteiger partial charge in [0.1, 0.15) is 0 Å². The van der Waals surface area contributed by atoms with Crippen LogP contribution < -0.4 is 0 Å². The Labute approximate surface area is 134 Å². The SMILES string of the molecule is Cn1nnc(CN2CCCCC[C@H]2C[C@@H](O)c2cccs2)n1. The van der Waals surface area contributed by atoms with Crippen LogP contribution in [0.25, 0.3) is 0 Å². The quantitative estimate of drug-likeness (QED) is 0.914. The molecule has 1 aliphatic heterocycles. The molecule has 1 N–H and O–H groups in total. The molecule has 2 aromatic rings. The molecule has 1 aliphatic rings. The Morgan fingerprint density at radius 2 is 2.32 bits per heavy atom. The Kier molecular flexibility index (Phi) is 5.17. The lowest BCUT2D eigenvalue weighted by atomic mass is 10.0. The molecule has 0 aromatic carbocycles. The van der Waals surface area contributed by atoms with Gasteiger partial charge in [-0.15, -0.1) is 21.5 Å². The number of thiophene rings is 1. The molecular formula is C15H23N5OS. The third-order valence-corrected chi connectivity index (χ3v) is 5.23. The van der Waals surface area contributed by atoms with Gasteiger partial charge < -0.3 is 5.11 Å². The van der Waals surface area contributed by atoms with Crippen LogP contribution in [0.1, 0.15) is 48.9 Å². The maximum atomic E-state index is 10.5. The lowest BCUT2D eigenvalue weighted by molar-refractivity contribution is 0.0980. The molecule has 7 heteroatoms. The summed E-state index contributed by atoms with van der Waals surface area (Å²) < 4.78 is 0. The summed E-state index contributed by atoms with van der Waals surface area (Å²) in [6.07, 6.45) is 5.22. The standard InChI is InChI=1S/C15H23N5OS/c1-19-17-15(16-18-19)11-20-8-4-2-3-6-12(20)10-13(21)14-7-5-9-22-14/h5,7,9,12-13,21H,2-4,6,8,10-11H2,1H3/t12-,13+/m0/s1. The number of rotatable bonds is 5. The molecule has 120 valence electrons. The van der Waals surface area contributed by atoms with E-state index in [-0.39, 0.29) is 6.10 Å². The van der Waals surface area contributed by atoms with E-state index in [0.717, 1.165) is 36.6 Å². The molecule has 0 spiro atoms. The molecule has 0 unspecified atom stereocenters. The molecule has 0 saturated carbocycles. The smallest absolute Gasteiger partial charge is 0.188 e. The molecule has 6 nitrogen and oxygen atoms in total. The topological polar surface area (TPSA) is 67.1 Å². The van der Waals surface area contributed by atoms with Gasteiger partial charge in [0, 0.05) is 10.9 Å². The second kappa shape index (κ2) is 7.30. The molecule has 1 saturated heterocycles. The molecule has 3 heterocycles. The Hall–Kier alpha value is -1.31. The number of aliphatic hydroxyl groups excluding tert-OH is 1. The van der Waals surface area contributed by atoms with Crippen molar-refractivity contribution < 1.29 is 5.11 Å². The summed E-state index contributed by atoms with van der Waals surface area (Å²) in [5.41, 5.74) is 0. The molecular weight excluding hydrogens is 298 g/mol. The third-order valence-electron chi connectivity index (χ3n) is 4.26. The first kappa shape index (κ1) is 15.6. The van der Waals surface area contributed by atoms with Crippen LogP contribution in [0.3, 0.4) is 0 Å². The molecule has 0 bridgehead atoms. The van der Waals surface area contributed by atoms with Crippen molar-refractivity contribution in [1.29, 1.82) is 0 Å². The minimum absolute atomic E-state index is 0.375. The number of likely N-dealkylation sites (tertiary alicyclic amines) is 1. The predicted molar refractivity (Wildman–Crippen MR) is 85.4 cm³/mol. The normalized spacial score (nSPS) is 21.6.